The summed E-state index contributed by atoms with van der Waals surface area (Å²) in [6.45, 7) is 20.1. The largest absolute Gasteiger partial charge is 0.370 e. The molecule has 4 atom stereocenters. The monoisotopic (exact) mass is 585 g/mol. The molecule has 0 radical (unpaired) electrons. The number of rotatable bonds is 16. The first-order valence-corrected chi connectivity index (χ1v) is 14.4. The minimum atomic E-state index is -0.921. The molecule has 0 amide bonds. The van der Waals surface area contributed by atoms with Crippen molar-refractivity contribution in [1.29, 1.82) is 10.7 Å². The molecule has 0 heterocycles. The highest BCUT2D eigenvalue weighted by atomic mass is 35.5. The van der Waals surface area contributed by atoms with Crippen molar-refractivity contribution in [3.05, 3.63) is 88.9 Å². The van der Waals surface area contributed by atoms with E-state index >= 15 is 0 Å². The second-order valence-electron chi connectivity index (χ2n) is 10.2. The van der Waals surface area contributed by atoms with Crippen LogP contribution < -0.4 is 10.6 Å². The third-order valence-electron chi connectivity index (χ3n) is 6.76. The normalized spacial score (nSPS) is 13.4. The number of aryl methyl sites for hydroxylation is 1. The van der Waals surface area contributed by atoms with E-state index in [1.165, 1.54) is 6.92 Å². The maximum absolute atomic E-state index is 14.2. The maximum Gasteiger partial charge on any atom is 0.101 e. The van der Waals surface area contributed by atoms with Gasteiger partial charge in [-0.3, -0.25) is 0 Å². The first-order valence-electron chi connectivity index (χ1n) is 14.1. The molecule has 0 aliphatic heterocycles. The summed E-state index contributed by atoms with van der Waals surface area (Å²) in [5.41, 5.74) is 4.58. The number of likely N-dealkylation sites (N-methyl/N-ethyl adjacent to an activating group) is 1. The van der Waals surface area contributed by atoms with Crippen LogP contribution in [0.25, 0.3) is 0 Å². The van der Waals surface area contributed by atoms with E-state index in [1.807, 2.05) is 64.1 Å². The smallest absolute Gasteiger partial charge is 0.101 e. The standard InChI is InChI=1S/C31H43ClF2N4.C2H3N/c1-8-27(34)16-20(3)23(6)38(9-2)30(31(35)26-13-14-29(32)21(4)15-26)19-36-24(7)37-28-12-10-11-25(18-28)17-22(5)33;1-2-3/h10-15,18,20,22,27,30,35-37H,6-9,16-17,19H2,1-5H3;1H3. The summed E-state index contributed by atoms with van der Waals surface area (Å²) in [6.07, 6.45) is -0.614. The first-order chi connectivity index (χ1) is 19.4. The van der Waals surface area contributed by atoms with Gasteiger partial charge in [-0.05, 0) is 80.5 Å². The summed E-state index contributed by atoms with van der Waals surface area (Å²) in [5.74, 6) is 0.485. The average Bonchev–Trinajstić information content (AvgIpc) is 2.92. The molecule has 0 bridgehead atoms. The molecule has 0 saturated carbocycles. The number of alkyl halides is 2. The van der Waals surface area contributed by atoms with E-state index in [2.05, 4.69) is 28.7 Å². The van der Waals surface area contributed by atoms with Crippen LogP contribution in [0.15, 0.2) is 67.1 Å². The molecule has 2 aromatic carbocycles. The van der Waals surface area contributed by atoms with Crippen molar-refractivity contribution in [3.63, 3.8) is 0 Å². The predicted octanol–water partition coefficient (Wildman–Crippen LogP) is 8.60. The molecule has 224 valence electrons. The molecule has 0 saturated heterocycles. The number of benzene rings is 2. The van der Waals surface area contributed by atoms with Crippen LogP contribution in [0.2, 0.25) is 5.02 Å². The Morgan fingerprint density at radius 2 is 1.80 bits per heavy atom. The third-order valence-corrected chi connectivity index (χ3v) is 7.18. The topological polar surface area (TPSA) is 74.9 Å². The van der Waals surface area contributed by atoms with Gasteiger partial charge in [-0.25, -0.2) is 8.78 Å². The Morgan fingerprint density at radius 3 is 2.37 bits per heavy atom. The van der Waals surface area contributed by atoms with Gasteiger partial charge in [0.2, 0.25) is 0 Å². The zero-order valence-corrected chi connectivity index (χ0v) is 26.1. The van der Waals surface area contributed by atoms with Crippen molar-refractivity contribution in [2.24, 2.45) is 5.92 Å². The summed E-state index contributed by atoms with van der Waals surface area (Å²) < 4.78 is 27.7. The molecule has 0 spiro atoms. The van der Waals surface area contributed by atoms with Crippen LogP contribution in [-0.4, -0.2) is 42.1 Å². The molecular weight excluding hydrogens is 540 g/mol. The van der Waals surface area contributed by atoms with Crippen LogP contribution in [0.3, 0.4) is 0 Å². The number of allylic oxidation sites excluding steroid dienone is 1. The fourth-order valence-electron chi connectivity index (χ4n) is 4.50. The van der Waals surface area contributed by atoms with Crippen molar-refractivity contribution in [1.82, 2.24) is 10.2 Å². The Hall–Kier alpha value is -3.37. The van der Waals surface area contributed by atoms with E-state index in [0.717, 1.165) is 28.1 Å². The SMILES string of the molecule is C=C(NCC(C(=N)c1ccc(Cl)c(C)c1)N(CC)C(=C)C(C)CC(F)CC)Nc1cccc(CC(C)F)c1.CC#N. The number of hydrogen-bond acceptors (Lipinski definition) is 5. The molecule has 4 unspecified atom stereocenters. The van der Waals surface area contributed by atoms with E-state index in [4.69, 9.17) is 22.3 Å². The number of nitriles is 1. The van der Waals surface area contributed by atoms with Crippen LogP contribution in [0.5, 0.6) is 0 Å². The summed E-state index contributed by atoms with van der Waals surface area (Å²) in [4.78, 5) is 2.07. The lowest BCUT2D eigenvalue weighted by Gasteiger charge is -2.38. The van der Waals surface area contributed by atoms with Gasteiger partial charge in [0.1, 0.15) is 12.3 Å². The highest BCUT2D eigenvalue weighted by molar-refractivity contribution is 6.31. The fraction of sp³-hybridized carbons (Fsp3) is 0.455. The van der Waals surface area contributed by atoms with Crippen LogP contribution in [0.1, 0.15) is 64.2 Å². The molecular formula is C33H46ClF2N5. The minimum Gasteiger partial charge on any atom is -0.370 e. The van der Waals surface area contributed by atoms with Crippen molar-refractivity contribution in [3.8, 4) is 6.07 Å². The van der Waals surface area contributed by atoms with E-state index in [-0.39, 0.29) is 12.0 Å². The van der Waals surface area contributed by atoms with Gasteiger partial charge in [0, 0.05) is 42.8 Å². The Balaban J connectivity index is 0.00000268. The Labute approximate surface area is 250 Å². The van der Waals surface area contributed by atoms with Crippen LogP contribution in [-0.2, 0) is 6.42 Å². The van der Waals surface area contributed by atoms with Crippen molar-refractivity contribution in [2.75, 3.05) is 18.4 Å². The lowest BCUT2D eigenvalue weighted by atomic mass is 9.95. The fourth-order valence-corrected chi connectivity index (χ4v) is 4.62. The number of nitrogens with one attached hydrogen (secondary N) is 3. The van der Waals surface area contributed by atoms with Crippen LogP contribution in [0, 0.1) is 29.6 Å². The van der Waals surface area contributed by atoms with E-state index in [1.54, 1.807) is 19.1 Å². The zero-order valence-electron chi connectivity index (χ0n) is 25.3. The Kier molecular flexibility index (Phi) is 15.8. The molecule has 0 aliphatic carbocycles. The first kappa shape index (κ1) is 35.7. The molecule has 2 aromatic rings. The second kappa shape index (κ2) is 18.1. The molecule has 0 aliphatic rings. The molecule has 5 nitrogen and oxygen atoms in total. The number of halogens is 3. The number of hydrogen-bond donors (Lipinski definition) is 3. The highest BCUT2D eigenvalue weighted by Crippen LogP contribution is 2.26. The third kappa shape index (κ3) is 11.9. The summed E-state index contributed by atoms with van der Waals surface area (Å²) >= 11 is 6.24. The maximum atomic E-state index is 14.2. The predicted molar refractivity (Wildman–Crippen MR) is 170 cm³/mol. The molecule has 0 fully saturated rings. The van der Waals surface area contributed by atoms with Gasteiger partial charge < -0.3 is 20.9 Å². The van der Waals surface area contributed by atoms with Gasteiger partial charge >= 0.3 is 0 Å². The summed E-state index contributed by atoms with van der Waals surface area (Å²) in [6, 6.07) is 14.5. The van der Waals surface area contributed by atoms with Gasteiger partial charge in [0.15, 0.2) is 0 Å². The summed E-state index contributed by atoms with van der Waals surface area (Å²) in [7, 11) is 0. The van der Waals surface area contributed by atoms with Gasteiger partial charge in [0.05, 0.1) is 23.6 Å². The van der Waals surface area contributed by atoms with Gasteiger partial charge in [-0.2, -0.15) is 5.26 Å². The lowest BCUT2D eigenvalue weighted by Crippen LogP contribution is -2.48. The highest BCUT2D eigenvalue weighted by Gasteiger charge is 2.27. The van der Waals surface area contributed by atoms with E-state index in [9.17, 15) is 8.78 Å². The lowest BCUT2D eigenvalue weighted by molar-refractivity contribution is 0.236. The van der Waals surface area contributed by atoms with Gasteiger partial charge in [-0.15, -0.1) is 0 Å². The van der Waals surface area contributed by atoms with Crippen molar-refractivity contribution >= 4 is 23.0 Å². The number of nitrogens with zero attached hydrogens (tertiary/aromatic N) is 2. The molecule has 41 heavy (non-hydrogen) atoms. The van der Waals surface area contributed by atoms with Crippen LogP contribution >= 0.6 is 11.6 Å². The number of anilines is 1. The Bertz CT molecular complexity index is 1190. The zero-order chi connectivity index (χ0) is 31.1. The molecule has 0 aromatic heterocycles. The molecule has 3 N–H and O–H groups in total. The quantitative estimate of drug-likeness (QED) is 0.172. The van der Waals surface area contributed by atoms with Crippen molar-refractivity contribution in [2.45, 2.75) is 79.2 Å². The van der Waals surface area contributed by atoms with E-state index in [0.29, 0.717) is 48.9 Å². The average molecular weight is 586 g/mol. The van der Waals surface area contributed by atoms with Gasteiger partial charge in [0.25, 0.3) is 0 Å². The van der Waals surface area contributed by atoms with Crippen molar-refractivity contribution < 1.29 is 8.78 Å². The minimum absolute atomic E-state index is 0.0749. The Morgan fingerprint density at radius 1 is 1.15 bits per heavy atom. The molecule has 2 rings (SSSR count). The van der Waals surface area contributed by atoms with E-state index < -0.39 is 12.3 Å². The molecule has 8 heteroatoms. The second-order valence-corrected chi connectivity index (χ2v) is 10.6. The van der Waals surface area contributed by atoms with Crippen LogP contribution in [0.4, 0.5) is 14.5 Å². The summed E-state index contributed by atoms with van der Waals surface area (Å²) in [5, 5.41) is 23.7. The van der Waals surface area contributed by atoms with Gasteiger partial charge in [-0.1, -0.05) is 56.8 Å².